The van der Waals surface area contributed by atoms with E-state index >= 15 is 0 Å². The molecule has 0 atom stereocenters. The van der Waals surface area contributed by atoms with Crippen LogP contribution in [0.3, 0.4) is 0 Å². The van der Waals surface area contributed by atoms with Crippen LogP contribution < -0.4 is 59.1 Å². The van der Waals surface area contributed by atoms with Gasteiger partial charge in [-0.15, -0.1) is 9.05 Å². The number of hydrogen-bond acceptors (Lipinski definition) is 4. The van der Waals surface area contributed by atoms with Gasteiger partial charge in [0.25, 0.3) is 0 Å². The van der Waals surface area contributed by atoms with Crippen LogP contribution in [0.25, 0.3) is 0 Å². The van der Waals surface area contributed by atoms with Gasteiger partial charge in [-0.2, -0.15) is 0 Å². The van der Waals surface area contributed by atoms with Crippen molar-refractivity contribution >= 4 is 20.2 Å². The van der Waals surface area contributed by atoms with Gasteiger partial charge in [-0.3, -0.25) is 4.21 Å². The summed E-state index contributed by atoms with van der Waals surface area (Å²) in [7, 11) is -4.33. The van der Waals surface area contributed by atoms with E-state index < -0.39 is 9.05 Å². The first-order chi connectivity index (χ1) is 2.00. The normalized spacial score (nSPS) is 4.14. The Bertz CT molecular complexity index is 99.3. The molecule has 88 valence electrons. The molecule has 0 fully saturated rings. The predicted octanol–water partition coefficient (Wildman–Crippen LogP) is -12.8. The minimum Gasteiger partial charge on any atom is -0.780 e. The molecule has 14 heavy (non-hydrogen) atoms. The maximum atomic E-state index is 8.89. The molecule has 0 aromatic carbocycles. The second-order valence-electron chi connectivity index (χ2n) is 0.408. The molecule has 0 unspecified atom stereocenters. The summed E-state index contributed by atoms with van der Waals surface area (Å²) in [6.07, 6.45) is 0. The summed E-state index contributed by atoms with van der Waals surface area (Å²) in [6.45, 7) is 0. The van der Waals surface area contributed by atoms with Gasteiger partial charge in [-0.1, -0.05) is 0 Å². The molecule has 14 heteroatoms. The third kappa shape index (κ3) is 587. The quantitative estimate of drug-likeness (QED) is 0.391. The van der Waals surface area contributed by atoms with Crippen LogP contribution in [-0.4, -0.2) is 51.6 Å². The SMILES string of the molecule is O.O.O.O.O.O.O.O=S([O-])([O-])=S.[Na+].[Na+]. The summed E-state index contributed by atoms with van der Waals surface area (Å²) < 4.78 is 26.7. The summed E-state index contributed by atoms with van der Waals surface area (Å²) in [5, 5.41) is 0. The van der Waals surface area contributed by atoms with Gasteiger partial charge in [0.15, 0.2) is 0 Å². The van der Waals surface area contributed by atoms with Crippen LogP contribution in [0.4, 0.5) is 0 Å². The fraction of sp³-hybridized carbons (Fsp3) is 0. The van der Waals surface area contributed by atoms with Gasteiger partial charge in [0, 0.05) is 0 Å². The van der Waals surface area contributed by atoms with Crippen molar-refractivity contribution in [2.75, 3.05) is 0 Å². The van der Waals surface area contributed by atoms with Crippen molar-refractivity contribution in [3.8, 4) is 0 Å². The van der Waals surface area contributed by atoms with E-state index in [1.165, 1.54) is 0 Å². The molecule has 14 N–H and O–H groups in total. The average molecular weight is 284 g/mol. The van der Waals surface area contributed by atoms with Crippen LogP contribution >= 0.6 is 0 Å². The van der Waals surface area contributed by atoms with Gasteiger partial charge in [-0.25, -0.2) is 0 Å². The van der Waals surface area contributed by atoms with Gasteiger partial charge in [-0.05, 0) is 11.2 Å². The summed E-state index contributed by atoms with van der Waals surface area (Å²) in [6, 6.07) is 0. The Balaban J connectivity index is -0.00000000222. The van der Waals surface area contributed by atoms with E-state index in [4.69, 9.17) is 13.3 Å². The van der Waals surface area contributed by atoms with Crippen molar-refractivity contribution in [2.24, 2.45) is 0 Å². The van der Waals surface area contributed by atoms with Gasteiger partial charge < -0.3 is 47.4 Å². The van der Waals surface area contributed by atoms with E-state index in [2.05, 4.69) is 11.2 Å². The minimum atomic E-state index is -4.33. The Hall–Kier alpha value is 2.01. The zero-order valence-corrected chi connectivity index (χ0v) is 13.2. The van der Waals surface area contributed by atoms with Crippen molar-refractivity contribution in [3.63, 3.8) is 0 Å². The zero-order chi connectivity index (χ0) is 4.50. The van der Waals surface area contributed by atoms with Crippen LogP contribution in [0.15, 0.2) is 0 Å². The molecule has 0 aliphatic heterocycles. The Kier molecular flexibility index (Phi) is 328. The molecular formula is H14Na2O10S2. The second-order valence-corrected chi connectivity index (χ2v) is 2.45. The van der Waals surface area contributed by atoms with E-state index in [1.54, 1.807) is 0 Å². The maximum Gasteiger partial charge on any atom is 1.00 e. The van der Waals surface area contributed by atoms with Gasteiger partial charge in [0.05, 0.1) is 0 Å². The molecule has 0 aromatic rings. The molecule has 0 amide bonds. The topological polar surface area (TPSA) is 284 Å². The van der Waals surface area contributed by atoms with Crippen LogP contribution in [0.2, 0.25) is 0 Å². The summed E-state index contributed by atoms with van der Waals surface area (Å²) in [5.41, 5.74) is 0. The zero-order valence-electron chi connectivity index (χ0n) is 7.54. The third-order valence-electron chi connectivity index (χ3n) is 0. The third-order valence-corrected chi connectivity index (χ3v) is 0. The van der Waals surface area contributed by atoms with Crippen LogP contribution in [0.1, 0.15) is 0 Å². The van der Waals surface area contributed by atoms with Gasteiger partial charge >= 0.3 is 59.1 Å². The van der Waals surface area contributed by atoms with Crippen molar-refractivity contribution < 1.29 is 111 Å². The maximum absolute atomic E-state index is 8.89. The molecule has 0 heterocycles. The molecule has 0 rings (SSSR count). The molecule has 0 spiro atoms. The molecule has 0 radical (unpaired) electrons. The Labute approximate surface area is 130 Å². The van der Waals surface area contributed by atoms with E-state index in [0.29, 0.717) is 0 Å². The van der Waals surface area contributed by atoms with E-state index in [-0.39, 0.29) is 97.4 Å². The largest absolute Gasteiger partial charge is 1.00 e. The predicted molar refractivity (Wildman–Crippen MR) is 42.4 cm³/mol. The smallest absolute Gasteiger partial charge is 0.780 e. The first-order valence-electron chi connectivity index (χ1n) is 0.667. The number of rotatable bonds is 0. The van der Waals surface area contributed by atoms with Crippen molar-refractivity contribution in [2.45, 2.75) is 0 Å². The Morgan fingerprint density at radius 3 is 0.714 bits per heavy atom. The summed E-state index contributed by atoms with van der Waals surface area (Å²) >= 11 is 3.24. The fourth-order valence-corrected chi connectivity index (χ4v) is 0. The molecule has 0 aliphatic rings. The molecule has 0 bridgehead atoms. The molecule has 0 aliphatic carbocycles. The van der Waals surface area contributed by atoms with E-state index in [1.807, 2.05) is 0 Å². The molecule has 10 nitrogen and oxygen atoms in total. The monoisotopic (exact) mass is 284 g/mol. The first kappa shape index (κ1) is 99.9. The van der Waals surface area contributed by atoms with Crippen molar-refractivity contribution in [3.05, 3.63) is 0 Å². The second kappa shape index (κ2) is 45.9. The van der Waals surface area contributed by atoms with Gasteiger partial charge in [0.1, 0.15) is 0 Å². The standard InChI is InChI=1S/2Na.H2O3S2.7H2O/c;;1-5(2,3)4;;;;;;;/h;;(H2,1,2,3,4);7*1H2/q2*+1;;;;;;;;/p-2. The number of hydrogen-bond donors (Lipinski definition) is 0. The molecule has 0 aromatic heterocycles. The average Bonchev–Trinajstić information content (AvgIpc) is 0.722. The summed E-state index contributed by atoms with van der Waals surface area (Å²) in [5.74, 6) is 0. The van der Waals surface area contributed by atoms with E-state index in [0.717, 1.165) is 0 Å². The van der Waals surface area contributed by atoms with Crippen molar-refractivity contribution in [1.82, 2.24) is 0 Å². The Morgan fingerprint density at radius 1 is 0.714 bits per heavy atom. The fourth-order valence-electron chi connectivity index (χ4n) is 0. The van der Waals surface area contributed by atoms with Crippen LogP contribution in [0.5, 0.6) is 0 Å². The first-order valence-corrected chi connectivity index (χ1v) is 3.00. The minimum absolute atomic E-state index is 0. The summed E-state index contributed by atoms with van der Waals surface area (Å²) in [4.78, 5) is 0. The Morgan fingerprint density at radius 2 is 0.714 bits per heavy atom. The van der Waals surface area contributed by atoms with E-state index in [9.17, 15) is 0 Å². The molecule has 0 saturated carbocycles. The molecule has 0 saturated heterocycles. The van der Waals surface area contributed by atoms with Crippen LogP contribution in [-0.2, 0) is 20.2 Å². The van der Waals surface area contributed by atoms with Crippen molar-refractivity contribution in [1.29, 1.82) is 0 Å². The van der Waals surface area contributed by atoms with Crippen LogP contribution in [0, 0.1) is 0 Å². The molecular weight excluding hydrogens is 270 g/mol. The van der Waals surface area contributed by atoms with Gasteiger partial charge in [0.2, 0.25) is 0 Å².